The van der Waals surface area contributed by atoms with Gasteiger partial charge in [0.15, 0.2) is 0 Å². The molecule has 3 heteroatoms. The second-order valence-corrected chi connectivity index (χ2v) is 6.61. The van der Waals surface area contributed by atoms with Crippen molar-refractivity contribution in [1.29, 1.82) is 0 Å². The van der Waals surface area contributed by atoms with Crippen molar-refractivity contribution < 1.29 is 0 Å². The van der Waals surface area contributed by atoms with Crippen LogP contribution in [0.4, 0.5) is 0 Å². The van der Waals surface area contributed by atoms with Gasteiger partial charge in [-0.25, -0.2) is 0 Å². The van der Waals surface area contributed by atoms with Crippen LogP contribution >= 0.6 is 11.8 Å². The summed E-state index contributed by atoms with van der Waals surface area (Å²) in [5.74, 6) is 0. The van der Waals surface area contributed by atoms with Gasteiger partial charge in [0.1, 0.15) is 0 Å². The van der Waals surface area contributed by atoms with E-state index in [2.05, 4.69) is 64.7 Å². The van der Waals surface area contributed by atoms with E-state index in [-0.39, 0.29) is 0 Å². The smallest absolute Gasteiger partial charge is 0.0489 e. The van der Waals surface area contributed by atoms with Crippen molar-refractivity contribution in [3.05, 3.63) is 54.2 Å². The van der Waals surface area contributed by atoms with Crippen LogP contribution in [0.15, 0.2) is 53.4 Å². The van der Waals surface area contributed by atoms with Gasteiger partial charge >= 0.3 is 0 Å². The second kappa shape index (κ2) is 5.82. The molecule has 0 saturated heterocycles. The van der Waals surface area contributed by atoms with E-state index in [9.17, 15) is 0 Å². The molecule has 0 aliphatic carbocycles. The summed E-state index contributed by atoms with van der Waals surface area (Å²) in [5.41, 5.74) is 5.47. The average molecular weight is 308 g/mol. The van der Waals surface area contributed by atoms with Gasteiger partial charge < -0.3 is 9.88 Å². The van der Waals surface area contributed by atoms with Gasteiger partial charge in [-0.3, -0.25) is 0 Å². The number of nitrogens with one attached hydrogen (secondary N) is 1. The Morgan fingerprint density at radius 3 is 2.86 bits per heavy atom. The maximum Gasteiger partial charge on any atom is 0.0489 e. The van der Waals surface area contributed by atoms with Gasteiger partial charge in [-0.2, -0.15) is 0 Å². The average Bonchev–Trinajstić information content (AvgIpc) is 2.75. The Hall–Kier alpha value is -1.71. The number of rotatable bonds is 2. The maximum atomic E-state index is 3.49. The molecule has 1 N–H and O–H groups in total. The zero-order valence-electron chi connectivity index (χ0n) is 12.8. The summed E-state index contributed by atoms with van der Waals surface area (Å²) in [6.45, 7) is 3.20. The summed E-state index contributed by atoms with van der Waals surface area (Å²) >= 11 is 1.81. The minimum Gasteiger partial charge on any atom is -0.343 e. The Bertz CT molecular complexity index is 819. The van der Waals surface area contributed by atoms with E-state index in [1.165, 1.54) is 32.6 Å². The molecule has 0 spiro atoms. The van der Waals surface area contributed by atoms with Crippen LogP contribution in [-0.2, 0) is 13.0 Å². The predicted octanol–water partition coefficient (Wildman–Crippen LogP) is 4.18. The van der Waals surface area contributed by atoms with Crippen molar-refractivity contribution in [2.75, 3.05) is 19.3 Å². The molecule has 2 nitrogen and oxygen atoms in total. The fraction of sp³-hybridized carbons (Fsp3) is 0.263. The first kappa shape index (κ1) is 13.9. The lowest BCUT2D eigenvalue weighted by Gasteiger charge is -2.10. The maximum absolute atomic E-state index is 3.49. The van der Waals surface area contributed by atoms with E-state index in [1.807, 2.05) is 11.8 Å². The third-order valence-electron chi connectivity index (χ3n) is 4.48. The van der Waals surface area contributed by atoms with Crippen molar-refractivity contribution in [2.45, 2.75) is 17.9 Å². The van der Waals surface area contributed by atoms with Crippen molar-refractivity contribution in [2.24, 2.45) is 0 Å². The molecule has 3 aromatic rings. The molecule has 0 saturated carbocycles. The van der Waals surface area contributed by atoms with Crippen LogP contribution in [0.1, 0.15) is 5.69 Å². The Kier molecular flexibility index (Phi) is 3.68. The van der Waals surface area contributed by atoms with E-state index >= 15 is 0 Å². The molecule has 112 valence electrons. The van der Waals surface area contributed by atoms with Crippen LogP contribution in [-0.4, -0.2) is 23.9 Å². The van der Waals surface area contributed by atoms with Crippen LogP contribution in [0, 0.1) is 0 Å². The molecular formula is C19H20N2S. The van der Waals surface area contributed by atoms with Crippen LogP contribution in [0.5, 0.6) is 0 Å². The van der Waals surface area contributed by atoms with E-state index in [0.717, 1.165) is 26.1 Å². The molecule has 0 bridgehead atoms. The van der Waals surface area contributed by atoms with Crippen molar-refractivity contribution in [3.63, 3.8) is 0 Å². The number of thioether (sulfide) groups is 1. The fourth-order valence-electron chi connectivity index (χ4n) is 3.37. The largest absolute Gasteiger partial charge is 0.343 e. The molecule has 1 aliphatic heterocycles. The predicted molar refractivity (Wildman–Crippen MR) is 95.7 cm³/mol. The minimum absolute atomic E-state index is 1.06. The third kappa shape index (κ3) is 2.34. The van der Waals surface area contributed by atoms with E-state index in [0.29, 0.717) is 0 Å². The standard InChI is InChI=1S/C19H20N2S/c1-22-19-5-3-2-4-17(19)14-6-7-15-12-16-8-9-20-10-11-21(16)18(15)13-14/h2-7,12-13,20H,8-11H2,1H3. The normalized spacial score (nSPS) is 14.8. The van der Waals surface area contributed by atoms with Crippen LogP contribution in [0.25, 0.3) is 22.0 Å². The summed E-state index contributed by atoms with van der Waals surface area (Å²) in [4.78, 5) is 1.34. The van der Waals surface area contributed by atoms with Gasteiger partial charge in [0.25, 0.3) is 0 Å². The van der Waals surface area contributed by atoms with Crippen molar-refractivity contribution in [1.82, 2.24) is 9.88 Å². The Labute approximate surface area is 135 Å². The van der Waals surface area contributed by atoms with Gasteiger partial charge in [0.05, 0.1) is 0 Å². The van der Waals surface area contributed by atoms with E-state index in [4.69, 9.17) is 0 Å². The molecule has 0 fully saturated rings. The molecule has 22 heavy (non-hydrogen) atoms. The molecule has 0 amide bonds. The van der Waals surface area contributed by atoms with Gasteiger partial charge in [-0.15, -0.1) is 11.8 Å². The molecule has 1 aromatic heterocycles. The van der Waals surface area contributed by atoms with E-state index < -0.39 is 0 Å². The monoisotopic (exact) mass is 308 g/mol. The van der Waals surface area contributed by atoms with Crippen LogP contribution in [0.3, 0.4) is 0 Å². The number of fused-ring (bicyclic) bond motifs is 3. The molecule has 2 aromatic carbocycles. The highest BCUT2D eigenvalue weighted by Gasteiger charge is 2.13. The molecule has 0 unspecified atom stereocenters. The minimum atomic E-state index is 1.06. The highest BCUT2D eigenvalue weighted by atomic mass is 32.2. The number of hydrogen-bond acceptors (Lipinski definition) is 2. The number of aromatic nitrogens is 1. The highest BCUT2D eigenvalue weighted by Crippen LogP contribution is 2.33. The second-order valence-electron chi connectivity index (χ2n) is 5.76. The molecule has 0 radical (unpaired) electrons. The Morgan fingerprint density at radius 1 is 1.05 bits per heavy atom. The lowest BCUT2D eigenvalue weighted by molar-refractivity contribution is 0.658. The third-order valence-corrected chi connectivity index (χ3v) is 5.27. The lowest BCUT2D eigenvalue weighted by Crippen LogP contribution is -2.17. The summed E-state index contributed by atoms with van der Waals surface area (Å²) < 4.78 is 2.49. The summed E-state index contributed by atoms with van der Waals surface area (Å²) in [5, 5.41) is 4.85. The SMILES string of the molecule is CSc1ccccc1-c1ccc2cc3n(c2c1)CCNCC3. The summed E-state index contributed by atoms with van der Waals surface area (Å²) in [6.07, 6.45) is 3.26. The summed E-state index contributed by atoms with van der Waals surface area (Å²) in [7, 11) is 0. The first-order valence-electron chi connectivity index (χ1n) is 7.83. The summed E-state index contributed by atoms with van der Waals surface area (Å²) in [6, 6.07) is 17.9. The molecular weight excluding hydrogens is 288 g/mol. The number of benzene rings is 2. The number of nitrogens with zero attached hydrogens (tertiary/aromatic N) is 1. The van der Waals surface area contributed by atoms with Gasteiger partial charge in [0.2, 0.25) is 0 Å². The van der Waals surface area contributed by atoms with Crippen molar-refractivity contribution >= 4 is 22.7 Å². The Balaban J connectivity index is 1.88. The molecule has 2 heterocycles. The Morgan fingerprint density at radius 2 is 1.95 bits per heavy atom. The topological polar surface area (TPSA) is 17.0 Å². The lowest BCUT2D eigenvalue weighted by atomic mass is 10.0. The van der Waals surface area contributed by atoms with E-state index in [1.54, 1.807) is 0 Å². The first-order valence-corrected chi connectivity index (χ1v) is 9.05. The highest BCUT2D eigenvalue weighted by molar-refractivity contribution is 7.98. The zero-order valence-corrected chi connectivity index (χ0v) is 13.6. The van der Waals surface area contributed by atoms with Crippen LogP contribution < -0.4 is 5.32 Å². The molecule has 4 rings (SSSR count). The molecule has 1 aliphatic rings. The zero-order chi connectivity index (χ0) is 14.9. The fourth-order valence-corrected chi connectivity index (χ4v) is 3.99. The number of hydrogen-bond donors (Lipinski definition) is 1. The quantitative estimate of drug-likeness (QED) is 0.715. The van der Waals surface area contributed by atoms with Gasteiger partial charge in [-0.1, -0.05) is 30.3 Å². The van der Waals surface area contributed by atoms with Gasteiger partial charge in [-0.05, 0) is 41.0 Å². The molecule has 0 atom stereocenters. The first-order chi connectivity index (χ1) is 10.9. The van der Waals surface area contributed by atoms with Gasteiger partial charge in [0, 0.05) is 42.2 Å². The van der Waals surface area contributed by atoms with Crippen LogP contribution in [0.2, 0.25) is 0 Å². The van der Waals surface area contributed by atoms with Crippen molar-refractivity contribution in [3.8, 4) is 11.1 Å².